The van der Waals surface area contributed by atoms with Gasteiger partial charge in [0.1, 0.15) is 5.82 Å². The first-order valence-corrected chi connectivity index (χ1v) is 5.83. The second-order valence-electron chi connectivity index (χ2n) is 3.80. The molecule has 1 radical (unpaired) electrons. The number of hydrogen-bond acceptors (Lipinski definition) is 1. The molecule has 0 bridgehead atoms. The van der Waals surface area contributed by atoms with Crippen LogP contribution in [0.2, 0.25) is 0 Å². The van der Waals surface area contributed by atoms with Crippen LogP contribution in [0.3, 0.4) is 0 Å². The first-order valence-electron chi connectivity index (χ1n) is 5.46. The SMILES string of the molecule is C=C1C(Cl)=C[C-]=C(c2ccc(F)cc2F)N1CC.[Y]. The van der Waals surface area contributed by atoms with Crippen molar-refractivity contribution in [3.8, 4) is 0 Å². The van der Waals surface area contributed by atoms with Gasteiger partial charge in [0, 0.05) is 39.3 Å². The van der Waals surface area contributed by atoms with Crippen molar-refractivity contribution < 1.29 is 41.5 Å². The van der Waals surface area contributed by atoms with Crippen LogP contribution < -0.4 is 0 Å². The van der Waals surface area contributed by atoms with Crippen molar-refractivity contribution in [1.82, 2.24) is 4.90 Å². The molecule has 1 aromatic carbocycles. The molecule has 0 fully saturated rings. The van der Waals surface area contributed by atoms with Gasteiger partial charge in [-0.3, -0.25) is 0 Å². The molecule has 19 heavy (non-hydrogen) atoms. The molecule has 0 aliphatic carbocycles. The summed E-state index contributed by atoms with van der Waals surface area (Å²) in [7, 11) is 0. The maximum absolute atomic E-state index is 13.8. The normalized spacial score (nSPS) is 14.7. The summed E-state index contributed by atoms with van der Waals surface area (Å²) in [6.07, 6.45) is 4.44. The first kappa shape index (κ1) is 16.5. The van der Waals surface area contributed by atoms with Gasteiger partial charge in [-0.1, -0.05) is 17.8 Å². The van der Waals surface area contributed by atoms with Crippen LogP contribution in [0.5, 0.6) is 0 Å². The Kier molecular flexibility index (Phi) is 5.91. The summed E-state index contributed by atoms with van der Waals surface area (Å²) < 4.78 is 26.7. The van der Waals surface area contributed by atoms with Crippen molar-refractivity contribution in [3.63, 3.8) is 0 Å². The molecule has 0 aromatic heterocycles. The van der Waals surface area contributed by atoms with Gasteiger partial charge in [0.15, 0.2) is 0 Å². The smallest absolute Gasteiger partial charge is 0.124 e. The summed E-state index contributed by atoms with van der Waals surface area (Å²) in [6, 6.07) is 3.44. The van der Waals surface area contributed by atoms with E-state index in [4.69, 9.17) is 11.6 Å². The number of rotatable bonds is 2. The van der Waals surface area contributed by atoms with E-state index in [0.717, 1.165) is 6.07 Å². The molecule has 1 nitrogen and oxygen atoms in total. The third kappa shape index (κ3) is 3.33. The molecule has 2 rings (SSSR count). The predicted octanol–water partition coefficient (Wildman–Crippen LogP) is 4.08. The van der Waals surface area contributed by atoms with Crippen molar-refractivity contribution in [2.24, 2.45) is 0 Å². The van der Waals surface area contributed by atoms with Gasteiger partial charge < -0.3 is 4.90 Å². The van der Waals surface area contributed by atoms with E-state index in [9.17, 15) is 8.78 Å². The van der Waals surface area contributed by atoms with E-state index in [-0.39, 0.29) is 38.3 Å². The topological polar surface area (TPSA) is 3.24 Å². The Morgan fingerprint density at radius 2 is 2.05 bits per heavy atom. The second-order valence-corrected chi connectivity index (χ2v) is 4.21. The average molecular weight is 356 g/mol. The minimum atomic E-state index is -0.629. The molecule has 1 aromatic rings. The molecule has 0 amide bonds. The zero-order valence-electron chi connectivity index (χ0n) is 10.4. The molecular weight excluding hydrogens is 345 g/mol. The summed E-state index contributed by atoms with van der Waals surface area (Å²) in [5.41, 5.74) is 1.36. The van der Waals surface area contributed by atoms with Crippen molar-refractivity contribution in [2.75, 3.05) is 6.54 Å². The zero-order chi connectivity index (χ0) is 13.3. The van der Waals surface area contributed by atoms with Crippen LogP contribution in [-0.2, 0) is 32.7 Å². The molecule has 0 N–H and O–H groups in total. The quantitative estimate of drug-likeness (QED) is 0.723. The summed E-state index contributed by atoms with van der Waals surface area (Å²) in [6.45, 7) is 6.30. The summed E-state index contributed by atoms with van der Waals surface area (Å²) in [5, 5.41) is 0.461. The fourth-order valence-corrected chi connectivity index (χ4v) is 1.97. The molecule has 5 heteroatoms. The summed E-state index contributed by atoms with van der Waals surface area (Å²) in [5.74, 6) is -1.24. The Morgan fingerprint density at radius 1 is 1.37 bits per heavy atom. The van der Waals surface area contributed by atoms with Gasteiger partial charge in [-0.15, -0.1) is 6.07 Å². The van der Waals surface area contributed by atoms with Gasteiger partial charge in [0.2, 0.25) is 0 Å². The molecule has 1 heterocycles. The molecule has 1 aliphatic heterocycles. The first-order chi connectivity index (χ1) is 8.54. The maximum atomic E-state index is 13.8. The largest absolute Gasteiger partial charge is 0.374 e. The van der Waals surface area contributed by atoms with E-state index in [2.05, 4.69) is 12.7 Å². The third-order valence-electron chi connectivity index (χ3n) is 2.71. The maximum Gasteiger partial charge on any atom is 0.124 e. The van der Waals surface area contributed by atoms with Crippen LogP contribution in [0.4, 0.5) is 8.78 Å². The molecule has 97 valence electrons. The van der Waals surface area contributed by atoms with Crippen LogP contribution in [-0.4, -0.2) is 11.4 Å². The second kappa shape index (κ2) is 6.78. The molecule has 0 atom stereocenters. The molecular formula is C14H11ClF2NY-. The Bertz CT molecular complexity index is 567. The van der Waals surface area contributed by atoms with Gasteiger partial charge >= 0.3 is 0 Å². The number of likely N-dealkylation sites (N-methyl/N-ethyl adjacent to an activating group) is 1. The van der Waals surface area contributed by atoms with Gasteiger partial charge in [0.25, 0.3) is 0 Å². The zero-order valence-corrected chi connectivity index (χ0v) is 14.0. The number of benzene rings is 1. The van der Waals surface area contributed by atoms with Crippen LogP contribution in [0, 0.1) is 17.7 Å². The van der Waals surface area contributed by atoms with Crippen LogP contribution in [0.15, 0.2) is 41.6 Å². The molecule has 0 spiro atoms. The minimum absolute atomic E-state index is 0. The molecule has 0 unspecified atom stereocenters. The fraction of sp³-hybridized carbons (Fsp3) is 0.143. The van der Waals surface area contributed by atoms with E-state index >= 15 is 0 Å². The van der Waals surface area contributed by atoms with Crippen molar-refractivity contribution in [3.05, 3.63) is 64.9 Å². The van der Waals surface area contributed by atoms with E-state index in [1.165, 1.54) is 18.2 Å². The van der Waals surface area contributed by atoms with Gasteiger partial charge in [-0.25, -0.2) is 8.78 Å². The molecule has 0 saturated carbocycles. The molecule has 0 saturated heterocycles. The van der Waals surface area contributed by atoms with E-state index in [0.29, 0.717) is 23.0 Å². The molecule has 1 aliphatic rings. The van der Waals surface area contributed by atoms with Crippen LogP contribution >= 0.6 is 11.6 Å². The van der Waals surface area contributed by atoms with E-state index < -0.39 is 11.6 Å². The van der Waals surface area contributed by atoms with E-state index in [1.807, 2.05) is 6.92 Å². The summed E-state index contributed by atoms with van der Waals surface area (Å²) in [4.78, 5) is 1.73. The Morgan fingerprint density at radius 3 is 2.63 bits per heavy atom. The number of hydrogen-bond donors (Lipinski definition) is 0. The van der Waals surface area contributed by atoms with Crippen LogP contribution in [0.25, 0.3) is 5.70 Å². The Labute approximate surface area is 141 Å². The average Bonchev–Trinajstić information content (AvgIpc) is 2.33. The monoisotopic (exact) mass is 355 g/mol. The number of nitrogens with zero attached hydrogens (tertiary/aromatic N) is 1. The predicted molar refractivity (Wildman–Crippen MR) is 68.5 cm³/mol. The minimum Gasteiger partial charge on any atom is -0.374 e. The Hall–Kier alpha value is -0.506. The van der Waals surface area contributed by atoms with Crippen LogP contribution in [0.1, 0.15) is 12.5 Å². The van der Waals surface area contributed by atoms with Gasteiger partial charge in [-0.05, 0) is 29.8 Å². The third-order valence-corrected chi connectivity index (χ3v) is 3.04. The summed E-state index contributed by atoms with van der Waals surface area (Å²) >= 11 is 5.95. The fourth-order valence-electron chi connectivity index (χ4n) is 1.81. The Balaban J connectivity index is 0.00000180. The van der Waals surface area contributed by atoms with Crippen molar-refractivity contribution in [2.45, 2.75) is 6.92 Å². The number of allylic oxidation sites excluding steroid dienone is 3. The van der Waals surface area contributed by atoms with Gasteiger partial charge in [0.05, 0.1) is 5.82 Å². The van der Waals surface area contributed by atoms with Crippen molar-refractivity contribution >= 4 is 17.3 Å². The standard InChI is InChI=1S/C14H11ClF2N.Y/c1-3-18-9(2)12(15)6-7-14(18)11-5-4-10(16)8-13(11)17;/h4-6,8H,2-3H2,1H3;/q-1;. The van der Waals surface area contributed by atoms with E-state index in [1.54, 1.807) is 4.90 Å². The van der Waals surface area contributed by atoms with Crippen molar-refractivity contribution in [1.29, 1.82) is 0 Å². The number of halogens is 3. The van der Waals surface area contributed by atoms with Gasteiger partial charge in [-0.2, -0.15) is 23.8 Å².